The van der Waals surface area contributed by atoms with E-state index in [2.05, 4.69) is 18.0 Å². The molecule has 34 heavy (non-hydrogen) atoms. The van der Waals surface area contributed by atoms with Crippen molar-refractivity contribution in [1.29, 1.82) is 0 Å². The van der Waals surface area contributed by atoms with Crippen molar-refractivity contribution in [2.45, 2.75) is 59.0 Å². The second-order valence-corrected chi connectivity index (χ2v) is 9.84. The van der Waals surface area contributed by atoms with Gasteiger partial charge in [-0.15, -0.1) is 11.3 Å². The molecule has 0 fully saturated rings. The highest BCUT2D eigenvalue weighted by Gasteiger charge is 2.34. The van der Waals surface area contributed by atoms with Crippen molar-refractivity contribution < 1.29 is 9.21 Å². The predicted octanol–water partition coefficient (Wildman–Crippen LogP) is 3.60. The number of hydrogen-bond donors (Lipinski definition) is 1. The quantitative estimate of drug-likeness (QED) is 0.414. The molecule has 3 heterocycles. The van der Waals surface area contributed by atoms with E-state index in [1.54, 1.807) is 20.8 Å². The predicted molar refractivity (Wildman–Crippen MR) is 133 cm³/mol. The van der Waals surface area contributed by atoms with Crippen molar-refractivity contribution in [3.63, 3.8) is 0 Å². The van der Waals surface area contributed by atoms with E-state index in [4.69, 9.17) is 10.2 Å². The van der Waals surface area contributed by atoms with Crippen LogP contribution in [0.25, 0.3) is 21.0 Å². The molecule has 3 aromatic heterocycles. The Hall–Kier alpha value is -3.46. The number of nitrogens with two attached hydrogens (primary N) is 1. The number of primary amides is 1. The van der Waals surface area contributed by atoms with Crippen molar-refractivity contribution in [1.82, 2.24) is 14.1 Å². The fraction of sp³-hybridized carbons (Fsp3) is 0.360. The summed E-state index contributed by atoms with van der Waals surface area (Å²) in [6, 6.07) is 8.05. The van der Waals surface area contributed by atoms with Crippen molar-refractivity contribution in [3.8, 4) is 10.8 Å². The number of thiophene rings is 1. The van der Waals surface area contributed by atoms with Gasteiger partial charge in [0.05, 0.1) is 16.5 Å². The van der Waals surface area contributed by atoms with Crippen LogP contribution in [0.4, 0.5) is 0 Å². The van der Waals surface area contributed by atoms with Crippen LogP contribution in [0.15, 0.2) is 50.7 Å². The van der Waals surface area contributed by atoms with E-state index >= 15 is 0 Å². The summed E-state index contributed by atoms with van der Waals surface area (Å²) in [4.78, 5) is 44.9. The van der Waals surface area contributed by atoms with Crippen LogP contribution in [0.2, 0.25) is 0 Å². The number of rotatable bonds is 8. The maximum absolute atomic E-state index is 13.7. The minimum Gasteiger partial charge on any atom is -0.444 e. The molecule has 0 saturated carbocycles. The van der Waals surface area contributed by atoms with Crippen molar-refractivity contribution in [2.24, 2.45) is 5.73 Å². The highest BCUT2D eigenvalue weighted by Crippen LogP contribution is 2.36. The van der Waals surface area contributed by atoms with Gasteiger partial charge in [0.25, 0.3) is 5.56 Å². The minimum atomic E-state index is -1.35. The molecule has 0 aliphatic heterocycles. The zero-order valence-electron chi connectivity index (χ0n) is 19.8. The number of aromatic nitrogens is 3. The molecule has 0 unspecified atom stereocenters. The van der Waals surface area contributed by atoms with Crippen LogP contribution in [0.1, 0.15) is 43.9 Å². The van der Waals surface area contributed by atoms with E-state index in [-0.39, 0.29) is 6.54 Å². The number of nitrogens with zero attached hydrogens (tertiary/aromatic N) is 3. The summed E-state index contributed by atoms with van der Waals surface area (Å²) >= 11 is 1.20. The summed E-state index contributed by atoms with van der Waals surface area (Å²) in [6.07, 6.45) is 5.41. The fourth-order valence-corrected chi connectivity index (χ4v) is 5.60. The van der Waals surface area contributed by atoms with Gasteiger partial charge in [0.2, 0.25) is 11.8 Å². The van der Waals surface area contributed by atoms with E-state index < -0.39 is 22.7 Å². The molecule has 0 bridgehead atoms. The van der Waals surface area contributed by atoms with Crippen molar-refractivity contribution in [2.75, 3.05) is 0 Å². The molecule has 0 aliphatic rings. The fourth-order valence-electron chi connectivity index (χ4n) is 4.22. The largest absolute Gasteiger partial charge is 0.444 e. The third kappa shape index (κ3) is 3.90. The maximum Gasteiger partial charge on any atom is 0.333 e. The van der Waals surface area contributed by atoms with Crippen LogP contribution in [-0.4, -0.2) is 20.0 Å². The summed E-state index contributed by atoms with van der Waals surface area (Å²) in [5.41, 5.74) is 6.35. The second kappa shape index (κ2) is 9.06. The Balaban J connectivity index is 1.95. The Kier molecular flexibility index (Phi) is 6.31. The molecule has 0 radical (unpaired) electrons. The first-order valence-electron chi connectivity index (χ1n) is 11.2. The van der Waals surface area contributed by atoms with E-state index in [9.17, 15) is 14.4 Å². The molecule has 0 aliphatic carbocycles. The second-order valence-electron chi connectivity index (χ2n) is 8.84. The first-order chi connectivity index (χ1) is 16.2. The molecule has 8 nitrogen and oxygen atoms in total. The van der Waals surface area contributed by atoms with Crippen molar-refractivity contribution >= 4 is 27.5 Å². The number of carbonyl (C=O) groups excluding carboxylic acids is 1. The molecule has 9 heteroatoms. The van der Waals surface area contributed by atoms with Crippen LogP contribution in [-0.2, 0) is 29.7 Å². The topological polar surface area (TPSA) is 113 Å². The van der Waals surface area contributed by atoms with E-state index in [0.29, 0.717) is 33.0 Å². The molecule has 1 aromatic carbocycles. The Labute approximate surface area is 200 Å². The first kappa shape index (κ1) is 23.7. The van der Waals surface area contributed by atoms with Gasteiger partial charge in [-0.1, -0.05) is 37.6 Å². The zero-order valence-corrected chi connectivity index (χ0v) is 20.6. The Morgan fingerprint density at radius 3 is 2.44 bits per heavy atom. The highest BCUT2D eigenvalue weighted by molar-refractivity contribution is 7.22. The van der Waals surface area contributed by atoms with Gasteiger partial charge in [0.1, 0.15) is 16.6 Å². The maximum atomic E-state index is 13.7. The van der Waals surface area contributed by atoms with Crippen LogP contribution in [0.5, 0.6) is 0 Å². The molecule has 2 N–H and O–H groups in total. The highest BCUT2D eigenvalue weighted by atomic mass is 32.1. The normalized spacial score (nSPS) is 11.9. The van der Waals surface area contributed by atoms with Gasteiger partial charge < -0.3 is 10.2 Å². The smallest absolute Gasteiger partial charge is 0.333 e. The lowest BCUT2D eigenvalue weighted by Crippen LogP contribution is -2.51. The number of hydrogen-bond acceptors (Lipinski definition) is 6. The summed E-state index contributed by atoms with van der Waals surface area (Å²) in [5.74, 6) is -0.313. The molecule has 0 atom stereocenters. The van der Waals surface area contributed by atoms with Gasteiger partial charge in [-0.3, -0.25) is 18.7 Å². The molecule has 178 valence electrons. The average Bonchev–Trinajstić information content (AvgIpc) is 3.43. The van der Waals surface area contributed by atoms with E-state index in [1.807, 2.05) is 18.2 Å². The lowest BCUT2D eigenvalue weighted by molar-refractivity contribution is -0.125. The number of amides is 1. The molecule has 0 spiro atoms. The molecule has 4 aromatic rings. The third-order valence-corrected chi connectivity index (χ3v) is 7.51. The average molecular weight is 481 g/mol. The Bertz CT molecular complexity index is 1480. The Morgan fingerprint density at radius 1 is 1.18 bits per heavy atom. The van der Waals surface area contributed by atoms with Crippen LogP contribution >= 0.6 is 11.3 Å². The Morgan fingerprint density at radius 2 is 1.85 bits per heavy atom. The number of oxazole rings is 1. The number of fused-ring (bicyclic) bond motifs is 1. The molecule has 4 rings (SSSR count). The summed E-state index contributed by atoms with van der Waals surface area (Å²) in [6.45, 7) is 7.27. The lowest BCUT2D eigenvalue weighted by atomic mass is 10.0. The van der Waals surface area contributed by atoms with Crippen LogP contribution in [0.3, 0.4) is 0 Å². The van der Waals surface area contributed by atoms with Gasteiger partial charge in [0.15, 0.2) is 0 Å². The zero-order chi connectivity index (χ0) is 24.6. The van der Waals surface area contributed by atoms with Gasteiger partial charge in [0, 0.05) is 6.54 Å². The van der Waals surface area contributed by atoms with E-state index in [1.165, 1.54) is 38.5 Å². The van der Waals surface area contributed by atoms with Crippen LogP contribution < -0.4 is 17.0 Å². The number of carbonyl (C=O) groups is 1. The molecule has 1 amide bonds. The van der Waals surface area contributed by atoms with Crippen LogP contribution in [0, 0.1) is 6.92 Å². The summed E-state index contributed by atoms with van der Waals surface area (Å²) < 4.78 is 8.01. The van der Waals surface area contributed by atoms with Gasteiger partial charge in [-0.05, 0) is 50.3 Å². The SMILES string of the molecule is CCCc1ccccc1CCn1c(=O)c2c(C)c(-c3ncco3)sc2n(C(C)(C)C(N)=O)c1=O. The van der Waals surface area contributed by atoms with E-state index in [0.717, 1.165) is 18.4 Å². The molecule has 0 saturated heterocycles. The van der Waals surface area contributed by atoms with Gasteiger partial charge in [-0.25, -0.2) is 9.78 Å². The van der Waals surface area contributed by atoms with Gasteiger partial charge >= 0.3 is 5.69 Å². The van der Waals surface area contributed by atoms with Crippen molar-refractivity contribution in [3.05, 3.63) is 74.3 Å². The summed E-state index contributed by atoms with van der Waals surface area (Å²) in [7, 11) is 0. The summed E-state index contributed by atoms with van der Waals surface area (Å²) in [5, 5.41) is 0.369. The number of aryl methyl sites for hydroxylation is 3. The first-order valence-corrected chi connectivity index (χ1v) is 12.1. The molecular formula is C25H28N4O4S. The lowest BCUT2D eigenvalue weighted by Gasteiger charge is -2.25. The van der Waals surface area contributed by atoms with Gasteiger partial charge in [-0.2, -0.15) is 0 Å². The standard InChI is InChI=1S/C25H28N4O4S/c1-5-8-16-9-6-7-10-17(16)11-13-28-21(30)18-15(2)19(20-27-12-14-33-20)34-22(18)29(24(28)32)25(3,4)23(26)31/h6-7,9-10,12,14H,5,8,11,13H2,1-4H3,(H2,26,31). The minimum absolute atomic E-state index is 0.187. The third-order valence-electron chi connectivity index (χ3n) is 6.24. The molecular weight excluding hydrogens is 452 g/mol. The number of benzene rings is 1. The monoisotopic (exact) mass is 480 g/mol.